The van der Waals surface area contributed by atoms with Crippen molar-refractivity contribution in [2.45, 2.75) is 13.0 Å². The molecule has 1 atom stereocenters. The molecule has 1 unspecified atom stereocenters. The van der Waals surface area contributed by atoms with Gasteiger partial charge in [-0.2, -0.15) is 0 Å². The molecular formula is C26H20N4O5S. The second-order valence-electron chi connectivity index (χ2n) is 8.05. The molecule has 0 saturated carbocycles. The second-order valence-corrected chi connectivity index (χ2v) is 8.91. The number of carboxylic acids is 1. The fourth-order valence-corrected chi connectivity index (χ4v) is 4.59. The molecule has 9 nitrogen and oxygen atoms in total. The number of pyridine rings is 1. The highest BCUT2D eigenvalue weighted by atomic mass is 32.1. The van der Waals surface area contributed by atoms with Crippen molar-refractivity contribution in [2.75, 3.05) is 16.8 Å². The van der Waals surface area contributed by atoms with Crippen molar-refractivity contribution in [1.82, 2.24) is 9.97 Å². The van der Waals surface area contributed by atoms with Crippen molar-refractivity contribution in [3.05, 3.63) is 77.8 Å². The summed E-state index contributed by atoms with van der Waals surface area (Å²) in [7, 11) is 0. The van der Waals surface area contributed by atoms with Crippen LogP contribution in [0.15, 0.2) is 72.2 Å². The number of hydrogen-bond acceptors (Lipinski definition) is 7. The summed E-state index contributed by atoms with van der Waals surface area (Å²) in [4.78, 5) is 47.2. The molecule has 36 heavy (non-hydrogen) atoms. The molecule has 3 heterocycles. The average molecular weight is 501 g/mol. The molecule has 4 aromatic rings. The standard InChI is InChI=1S/C26H20N4O5S/c1-15-25(32)30(13-23(31)28-18-8-5-16(6-9-18)26(33)34)21-12-17(7-10-22(21)35-15)20-14-36-24(29-20)19-4-2-3-11-27-19/h2-12,14-15H,13H2,1H3,(H,28,31)(H,33,34). The maximum absolute atomic E-state index is 13.0. The summed E-state index contributed by atoms with van der Waals surface area (Å²) in [6.07, 6.45) is 0.962. The molecule has 2 amide bonds. The molecular weight excluding hydrogens is 480 g/mol. The zero-order valence-corrected chi connectivity index (χ0v) is 19.9. The summed E-state index contributed by atoms with van der Waals surface area (Å²) in [6, 6.07) is 16.8. The Bertz CT molecular complexity index is 1450. The number of carbonyl (C=O) groups excluding carboxylic acids is 2. The average Bonchev–Trinajstić information content (AvgIpc) is 3.38. The number of thiazole rings is 1. The number of rotatable bonds is 6. The Morgan fingerprint density at radius 3 is 2.64 bits per heavy atom. The predicted octanol–water partition coefficient (Wildman–Crippen LogP) is 4.32. The van der Waals surface area contributed by atoms with E-state index >= 15 is 0 Å². The lowest BCUT2D eigenvalue weighted by Crippen LogP contribution is -2.47. The van der Waals surface area contributed by atoms with E-state index in [0.717, 1.165) is 22.0 Å². The van der Waals surface area contributed by atoms with Gasteiger partial charge in [-0.15, -0.1) is 11.3 Å². The zero-order chi connectivity index (χ0) is 25.2. The molecule has 0 saturated heterocycles. The van der Waals surface area contributed by atoms with Crippen LogP contribution in [0.2, 0.25) is 0 Å². The van der Waals surface area contributed by atoms with E-state index in [1.165, 1.54) is 40.5 Å². The van der Waals surface area contributed by atoms with Gasteiger partial charge in [0.15, 0.2) is 6.10 Å². The number of carbonyl (C=O) groups is 3. The van der Waals surface area contributed by atoms with E-state index in [9.17, 15) is 14.4 Å². The zero-order valence-electron chi connectivity index (χ0n) is 19.0. The van der Waals surface area contributed by atoms with E-state index in [2.05, 4.69) is 15.3 Å². The molecule has 1 aliphatic rings. The van der Waals surface area contributed by atoms with Crippen LogP contribution in [0.25, 0.3) is 22.0 Å². The Labute approximate surface area is 210 Å². The van der Waals surface area contributed by atoms with Gasteiger partial charge in [0.25, 0.3) is 5.91 Å². The first-order valence-corrected chi connectivity index (χ1v) is 11.9. The van der Waals surface area contributed by atoms with Gasteiger partial charge in [-0.25, -0.2) is 9.78 Å². The number of benzene rings is 2. The van der Waals surface area contributed by atoms with Gasteiger partial charge in [0, 0.05) is 22.8 Å². The van der Waals surface area contributed by atoms with Crippen LogP contribution in [0.5, 0.6) is 5.75 Å². The van der Waals surface area contributed by atoms with Crippen LogP contribution in [0.1, 0.15) is 17.3 Å². The number of amides is 2. The van der Waals surface area contributed by atoms with Crippen molar-refractivity contribution in [2.24, 2.45) is 0 Å². The first-order chi connectivity index (χ1) is 17.4. The largest absolute Gasteiger partial charge is 0.479 e. The molecule has 5 rings (SSSR count). The lowest BCUT2D eigenvalue weighted by Gasteiger charge is -2.32. The molecule has 0 bridgehead atoms. The summed E-state index contributed by atoms with van der Waals surface area (Å²) >= 11 is 1.46. The minimum atomic E-state index is -1.06. The maximum atomic E-state index is 13.0. The first-order valence-electron chi connectivity index (χ1n) is 11.0. The minimum absolute atomic E-state index is 0.111. The molecule has 0 spiro atoms. The SMILES string of the molecule is CC1Oc2ccc(-c3csc(-c4ccccn4)n3)cc2N(CC(=O)Nc2ccc(C(=O)O)cc2)C1=O. The number of ether oxygens (including phenoxy) is 1. The Hall–Kier alpha value is -4.57. The molecule has 2 aromatic heterocycles. The highest BCUT2D eigenvalue weighted by Gasteiger charge is 2.33. The van der Waals surface area contributed by atoms with Crippen molar-refractivity contribution < 1.29 is 24.2 Å². The third-order valence-electron chi connectivity index (χ3n) is 5.57. The van der Waals surface area contributed by atoms with Crippen LogP contribution in [-0.2, 0) is 9.59 Å². The fourth-order valence-electron chi connectivity index (χ4n) is 3.78. The third kappa shape index (κ3) is 4.66. The van der Waals surface area contributed by atoms with Gasteiger partial charge in [-0.3, -0.25) is 19.5 Å². The predicted molar refractivity (Wildman–Crippen MR) is 135 cm³/mol. The Balaban J connectivity index is 1.39. The van der Waals surface area contributed by atoms with Gasteiger partial charge in [0.1, 0.15) is 17.3 Å². The summed E-state index contributed by atoms with van der Waals surface area (Å²) < 4.78 is 5.77. The van der Waals surface area contributed by atoms with Crippen molar-refractivity contribution in [1.29, 1.82) is 0 Å². The van der Waals surface area contributed by atoms with Crippen LogP contribution >= 0.6 is 11.3 Å². The maximum Gasteiger partial charge on any atom is 0.335 e. The first kappa shape index (κ1) is 23.2. The number of nitrogens with one attached hydrogen (secondary N) is 1. The molecule has 0 radical (unpaired) electrons. The van der Waals surface area contributed by atoms with Gasteiger partial charge in [0.05, 0.1) is 22.6 Å². The number of carboxylic acid groups (broad SMARTS) is 1. The number of aromatic nitrogens is 2. The van der Waals surface area contributed by atoms with Gasteiger partial charge in [0.2, 0.25) is 5.91 Å². The number of hydrogen-bond donors (Lipinski definition) is 2. The Morgan fingerprint density at radius 2 is 1.92 bits per heavy atom. The highest BCUT2D eigenvalue weighted by Crippen LogP contribution is 2.38. The van der Waals surface area contributed by atoms with E-state index in [1.54, 1.807) is 25.3 Å². The molecule has 2 N–H and O–H groups in total. The summed E-state index contributed by atoms with van der Waals surface area (Å²) in [5.74, 6) is -1.34. The topological polar surface area (TPSA) is 122 Å². The number of anilines is 2. The molecule has 1 aliphatic heterocycles. The second kappa shape index (κ2) is 9.59. The molecule has 10 heteroatoms. The molecule has 180 valence electrons. The number of fused-ring (bicyclic) bond motifs is 1. The third-order valence-corrected chi connectivity index (χ3v) is 6.43. The van der Waals surface area contributed by atoms with E-state index < -0.39 is 18.0 Å². The summed E-state index contributed by atoms with van der Waals surface area (Å²) in [6.45, 7) is 1.40. The van der Waals surface area contributed by atoms with Gasteiger partial charge in [-0.05, 0) is 61.5 Å². The molecule has 2 aromatic carbocycles. The lowest BCUT2D eigenvalue weighted by atomic mass is 10.1. The van der Waals surface area contributed by atoms with Gasteiger partial charge >= 0.3 is 5.97 Å². The minimum Gasteiger partial charge on any atom is -0.479 e. The molecule has 0 aliphatic carbocycles. The van der Waals surface area contributed by atoms with E-state index in [-0.39, 0.29) is 18.0 Å². The monoisotopic (exact) mass is 500 g/mol. The van der Waals surface area contributed by atoms with E-state index in [1.807, 2.05) is 29.6 Å². The van der Waals surface area contributed by atoms with Gasteiger partial charge in [-0.1, -0.05) is 6.07 Å². The Morgan fingerprint density at radius 1 is 1.11 bits per heavy atom. The van der Waals surface area contributed by atoms with E-state index in [4.69, 9.17) is 9.84 Å². The number of aromatic carboxylic acids is 1. The van der Waals surface area contributed by atoms with Crippen LogP contribution < -0.4 is 15.0 Å². The van der Waals surface area contributed by atoms with E-state index in [0.29, 0.717) is 17.1 Å². The van der Waals surface area contributed by atoms with Gasteiger partial charge < -0.3 is 15.2 Å². The molecule has 0 fully saturated rings. The summed E-state index contributed by atoms with van der Waals surface area (Å²) in [5, 5.41) is 14.4. The highest BCUT2D eigenvalue weighted by molar-refractivity contribution is 7.13. The van der Waals surface area contributed by atoms with Crippen molar-refractivity contribution in [3.8, 4) is 27.7 Å². The Kier molecular flexibility index (Phi) is 6.17. The van der Waals surface area contributed by atoms with Crippen molar-refractivity contribution in [3.63, 3.8) is 0 Å². The number of nitrogens with zero attached hydrogens (tertiary/aromatic N) is 3. The smallest absolute Gasteiger partial charge is 0.335 e. The summed E-state index contributed by atoms with van der Waals surface area (Å²) in [5.41, 5.74) is 3.27. The van der Waals surface area contributed by atoms with Crippen LogP contribution in [-0.4, -0.2) is 45.5 Å². The normalized spacial score (nSPS) is 14.6. The fraction of sp³-hybridized carbons (Fsp3) is 0.115. The van der Waals surface area contributed by atoms with Crippen molar-refractivity contribution >= 4 is 40.5 Å². The van der Waals surface area contributed by atoms with Crippen LogP contribution in [0, 0.1) is 0 Å². The lowest BCUT2D eigenvalue weighted by molar-refractivity contribution is -0.127. The van der Waals surface area contributed by atoms with Crippen LogP contribution in [0.3, 0.4) is 0 Å². The quantitative estimate of drug-likeness (QED) is 0.404. The van der Waals surface area contributed by atoms with Crippen LogP contribution in [0.4, 0.5) is 11.4 Å².